The summed E-state index contributed by atoms with van der Waals surface area (Å²) >= 11 is 0. The summed E-state index contributed by atoms with van der Waals surface area (Å²) in [5, 5.41) is 0. The van der Waals surface area contributed by atoms with E-state index in [2.05, 4.69) is 0 Å². The Labute approximate surface area is 110 Å². The lowest BCUT2D eigenvalue weighted by atomic mass is 9.84. The first-order valence-electron chi connectivity index (χ1n) is 7.73. The summed E-state index contributed by atoms with van der Waals surface area (Å²) in [6.07, 6.45) is 13.1. The topological polar surface area (TPSA) is 52.3 Å². The van der Waals surface area contributed by atoms with Crippen LogP contribution in [0.25, 0.3) is 0 Å². The minimum absolute atomic E-state index is 0.134. The molecule has 1 unspecified atom stereocenters. The number of ether oxygens (including phenoxy) is 1. The maximum atomic E-state index is 12.1. The average Bonchev–Trinajstić information content (AvgIpc) is 2.67. The van der Waals surface area contributed by atoms with Crippen molar-refractivity contribution in [3.8, 4) is 0 Å². The van der Waals surface area contributed by atoms with E-state index in [0.29, 0.717) is 5.92 Å². The second-order valence-corrected chi connectivity index (χ2v) is 5.97. The first-order chi connectivity index (χ1) is 8.77. The molecule has 0 aromatic heterocycles. The lowest BCUT2D eigenvalue weighted by Crippen LogP contribution is -2.41. The fourth-order valence-corrected chi connectivity index (χ4v) is 3.29. The van der Waals surface area contributed by atoms with E-state index in [9.17, 15) is 4.79 Å². The van der Waals surface area contributed by atoms with Gasteiger partial charge in [-0.1, -0.05) is 32.1 Å². The van der Waals surface area contributed by atoms with E-state index in [-0.39, 0.29) is 18.1 Å². The van der Waals surface area contributed by atoms with Gasteiger partial charge in [0.15, 0.2) is 0 Å². The van der Waals surface area contributed by atoms with Crippen molar-refractivity contribution < 1.29 is 9.53 Å². The van der Waals surface area contributed by atoms with E-state index >= 15 is 0 Å². The first kappa shape index (κ1) is 13.9. The van der Waals surface area contributed by atoms with E-state index in [4.69, 9.17) is 10.5 Å². The van der Waals surface area contributed by atoms with E-state index in [1.54, 1.807) is 0 Å². The Balaban J connectivity index is 1.78. The van der Waals surface area contributed by atoms with Crippen LogP contribution in [0.15, 0.2) is 0 Å². The highest BCUT2D eigenvalue weighted by molar-refractivity contribution is 5.76. The van der Waals surface area contributed by atoms with Gasteiger partial charge in [0.2, 0.25) is 0 Å². The van der Waals surface area contributed by atoms with Crippen LogP contribution in [0.4, 0.5) is 0 Å². The molecule has 2 N–H and O–H groups in total. The van der Waals surface area contributed by atoms with Crippen molar-refractivity contribution in [3.63, 3.8) is 0 Å². The van der Waals surface area contributed by atoms with Crippen LogP contribution in [0.5, 0.6) is 0 Å². The summed E-state index contributed by atoms with van der Waals surface area (Å²) in [6, 6.07) is -0.381. The summed E-state index contributed by atoms with van der Waals surface area (Å²) in [4.78, 5) is 12.1. The van der Waals surface area contributed by atoms with Crippen LogP contribution in [-0.2, 0) is 9.53 Å². The normalized spacial score (nSPS) is 25.4. The molecule has 104 valence electrons. The Kier molecular flexibility index (Phi) is 5.48. The quantitative estimate of drug-likeness (QED) is 0.621. The molecule has 0 aromatic rings. The van der Waals surface area contributed by atoms with E-state index in [1.165, 1.54) is 44.9 Å². The van der Waals surface area contributed by atoms with Gasteiger partial charge in [0.25, 0.3) is 0 Å². The number of hydrogen-bond donors (Lipinski definition) is 1. The monoisotopic (exact) mass is 253 g/mol. The van der Waals surface area contributed by atoms with Crippen molar-refractivity contribution >= 4 is 5.97 Å². The lowest BCUT2D eigenvalue weighted by Gasteiger charge is -2.27. The molecule has 2 rings (SSSR count). The van der Waals surface area contributed by atoms with Crippen LogP contribution in [0.1, 0.15) is 70.6 Å². The van der Waals surface area contributed by atoms with Gasteiger partial charge in [-0.2, -0.15) is 0 Å². The third-order valence-corrected chi connectivity index (χ3v) is 4.51. The maximum Gasteiger partial charge on any atom is 0.323 e. The maximum absolute atomic E-state index is 12.1. The zero-order valence-corrected chi connectivity index (χ0v) is 11.4. The molecule has 2 aliphatic carbocycles. The van der Waals surface area contributed by atoms with E-state index < -0.39 is 0 Å². The Morgan fingerprint density at radius 3 is 2.00 bits per heavy atom. The smallest absolute Gasteiger partial charge is 0.323 e. The minimum Gasteiger partial charge on any atom is -0.461 e. The Bertz CT molecular complexity index is 253. The molecule has 0 radical (unpaired) electrons. The van der Waals surface area contributed by atoms with E-state index in [0.717, 1.165) is 25.7 Å². The molecule has 1 atom stereocenters. The standard InChI is InChI=1S/C15H27NO2/c16-14(12-8-4-3-5-9-12)15(17)18-13-10-6-1-2-7-11-13/h12-14H,1-11,16H2. The summed E-state index contributed by atoms with van der Waals surface area (Å²) in [5.41, 5.74) is 6.07. The van der Waals surface area contributed by atoms with Crippen molar-refractivity contribution in [2.45, 2.75) is 82.8 Å². The van der Waals surface area contributed by atoms with Crippen molar-refractivity contribution in [2.24, 2.45) is 11.7 Å². The molecule has 0 amide bonds. The Morgan fingerprint density at radius 2 is 1.39 bits per heavy atom. The summed E-state index contributed by atoms with van der Waals surface area (Å²) < 4.78 is 5.62. The predicted molar refractivity (Wildman–Crippen MR) is 72.1 cm³/mol. The number of carbonyl (C=O) groups is 1. The van der Waals surface area contributed by atoms with Gasteiger partial charge >= 0.3 is 5.97 Å². The molecule has 18 heavy (non-hydrogen) atoms. The number of hydrogen-bond acceptors (Lipinski definition) is 3. The Hall–Kier alpha value is -0.570. The van der Waals surface area contributed by atoms with Gasteiger partial charge in [0.1, 0.15) is 12.1 Å². The van der Waals surface area contributed by atoms with Gasteiger partial charge in [-0.05, 0) is 44.4 Å². The fraction of sp³-hybridized carbons (Fsp3) is 0.933. The summed E-state index contributed by atoms with van der Waals surface area (Å²) in [7, 11) is 0. The average molecular weight is 253 g/mol. The summed E-state index contributed by atoms with van der Waals surface area (Å²) in [6.45, 7) is 0. The van der Waals surface area contributed by atoms with Crippen LogP contribution in [0, 0.1) is 5.92 Å². The molecule has 2 aliphatic rings. The molecule has 2 saturated carbocycles. The lowest BCUT2D eigenvalue weighted by molar-refractivity contribution is -0.153. The molecule has 0 spiro atoms. The van der Waals surface area contributed by atoms with Crippen LogP contribution in [0.2, 0.25) is 0 Å². The van der Waals surface area contributed by atoms with Crippen LogP contribution in [0.3, 0.4) is 0 Å². The molecule has 0 saturated heterocycles. The van der Waals surface area contributed by atoms with Crippen LogP contribution >= 0.6 is 0 Å². The Morgan fingerprint density at radius 1 is 0.889 bits per heavy atom. The van der Waals surface area contributed by atoms with E-state index in [1.807, 2.05) is 0 Å². The van der Waals surface area contributed by atoms with Gasteiger partial charge in [-0.15, -0.1) is 0 Å². The van der Waals surface area contributed by atoms with Gasteiger partial charge in [-0.3, -0.25) is 4.79 Å². The van der Waals surface area contributed by atoms with Crippen molar-refractivity contribution in [2.75, 3.05) is 0 Å². The summed E-state index contributed by atoms with van der Waals surface area (Å²) in [5.74, 6) is 0.214. The molecule has 0 bridgehead atoms. The first-order valence-corrected chi connectivity index (χ1v) is 7.73. The van der Waals surface area contributed by atoms with Crippen molar-refractivity contribution in [3.05, 3.63) is 0 Å². The molecule has 2 fully saturated rings. The molecular weight excluding hydrogens is 226 g/mol. The highest BCUT2D eigenvalue weighted by Crippen LogP contribution is 2.27. The number of esters is 1. The predicted octanol–water partition coefficient (Wildman–Crippen LogP) is 3.16. The molecule has 3 heteroatoms. The molecule has 0 aromatic carbocycles. The SMILES string of the molecule is NC(C(=O)OC1CCCCCC1)C1CCCCC1. The highest BCUT2D eigenvalue weighted by atomic mass is 16.5. The molecular formula is C15H27NO2. The zero-order chi connectivity index (χ0) is 12.8. The minimum atomic E-state index is -0.381. The van der Waals surface area contributed by atoms with Crippen molar-refractivity contribution in [1.29, 1.82) is 0 Å². The third kappa shape index (κ3) is 3.98. The van der Waals surface area contributed by atoms with Crippen LogP contribution < -0.4 is 5.73 Å². The second kappa shape index (κ2) is 7.13. The molecule has 0 aliphatic heterocycles. The number of rotatable bonds is 3. The van der Waals surface area contributed by atoms with Crippen molar-refractivity contribution in [1.82, 2.24) is 0 Å². The second-order valence-electron chi connectivity index (χ2n) is 5.97. The number of nitrogens with two attached hydrogens (primary N) is 1. The fourth-order valence-electron chi connectivity index (χ4n) is 3.29. The van der Waals surface area contributed by atoms with Gasteiger partial charge < -0.3 is 10.5 Å². The van der Waals surface area contributed by atoms with Gasteiger partial charge in [0.05, 0.1) is 0 Å². The van der Waals surface area contributed by atoms with Gasteiger partial charge in [-0.25, -0.2) is 0 Å². The largest absolute Gasteiger partial charge is 0.461 e. The third-order valence-electron chi connectivity index (χ3n) is 4.51. The number of carbonyl (C=O) groups excluding carboxylic acids is 1. The van der Waals surface area contributed by atoms with Crippen LogP contribution in [-0.4, -0.2) is 18.1 Å². The molecule has 0 heterocycles. The van der Waals surface area contributed by atoms with Gasteiger partial charge in [0, 0.05) is 0 Å². The molecule has 3 nitrogen and oxygen atoms in total. The zero-order valence-electron chi connectivity index (χ0n) is 11.4. The highest BCUT2D eigenvalue weighted by Gasteiger charge is 2.29.